The monoisotopic (exact) mass is 658 g/mol. The molecule has 4 rings (SSSR count). The molecule has 14 heteroatoms. The van der Waals surface area contributed by atoms with E-state index in [1.807, 2.05) is 0 Å². The van der Waals surface area contributed by atoms with Gasteiger partial charge in [-0.3, -0.25) is 19.5 Å². The minimum absolute atomic E-state index is 0.0298. The summed E-state index contributed by atoms with van der Waals surface area (Å²) in [6.07, 6.45) is 1.86. The smallest absolute Gasteiger partial charge is 0.364 e. The van der Waals surface area contributed by atoms with Gasteiger partial charge in [-0.1, -0.05) is 47.5 Å². The highest BCUT2D eigenvalue weighted by atomic mass is 35.5. The minimum Gasteiger partial charge on any atom is -0.467 e. The van der Waals surface area contributed by atoms with Crippen LogP contribution >= 0.6 is 23.2 Å². The first kappa shape index (κ1) is 32.6. The Labute approximate surface area is 264 Å². The van der Waals surface area contributed by atoms with Crippen molar-refractivity contribution >= 4 is 62.7 Å². The summed E-state index contributed by atoms with van der Waals surface area (Å²) in [4.78, 5) is 37.7. The van der Waals surface area contributed by atoms with Crippen molar-refractivity contribution in [1.29, 1.82) is 0 Å². The zero-order valence-electron chi connectivity index (χ0n) is 23.4. The lowest BCUT2D eigenvalue weighted by atomic mass is 10.1. The quantitative estimate of drug-likeness (QED) is 0.173. The molecule has 230 valence electrons. The van der Waals surface area contributed by atoms with Crippen molar-refractivity contribution in [1.82, 2.24) is 15.5 Å². The van der Waals surface area contributed by atoms with Crippen LogP contribution in [0.4, 0.5) is 16.2 Å². The number of nitrogens with zero attached hydrogens (tertiary/aromatic N) is 2. The van der Waals surface area contributed by atoms with Gasteiger partial charge in [0.15, 0.2) is 0 Å². The van der Waals surface area contributed by atoms with Crippen LogP contribution in [0.3, 0.4) is 0 Å². The van der Waals surface area contributed by atoms with Crippen molar-refractivity contribution in [2.24, 2.45) is 0 Å². The summed E-state index contributed by atoms with van der Waals surface area (Å²) < 4.78 is 42.1. The third-order valence-electron chi connectivity index (χ3n) is 6.33. The summed E-state index contributed by atoms with van der Waals surface area (Å²) in [5.41, 5.74) is 1.46. The first-order valence-corrected chi connectivity index (χ1v) is 15.3. The average molecular weight is 660 g/mol. The zero-order valence-corrected chi connectivity index (χ0v) is 25.7. The Morgan fingerprint density at radius 1 is 0.932 bits per heavy atom. The van der Waals surface area contributed by atoms with Crippen LogP contribution in [-0.4, -0.2) is 42.3 Å². The molecular formula is C30H28Cl2N4O7S. The number of urea groups is 1. The number of amides is 4. The van der Waals surface area contributed by atoms with Crippen LogP contribution in [0.1, 0.15) is 34.2 Å². The van der Waals surface area contributed by atoms with E-state index in [2.05, 4.69) is 10.6 Å². The van der Waals surface area contributed by atoms with Gasteiger partial charge in [-0.05, 0) is 72.1 Å². The maximum Gasteiger partial charge on any atom is 0.364 e. The fourth-order valence-electron chi connectivity index (χ4n) is 4.40. The highest BCUT2D eigenvalue weighted by Crippen LogP contribution is 2.34. The number of imide groups is 1. The van der Waals surface area contributed by atoms with Gasteiger partial charge in [-0.15, -0.1) is 0 Å². The van der Waals surface area contributed by atoms with E-state index in [-0.39, 0.29) is 46.6 Å². The number of carbonyl (C=O) groups excluding carboxylic acids is 3. The Bertz CT molecular complexity index is 1750. The van der Waals surface area contributed by atoms with Gasteiger partial charge in [0.2, 0.25) is 5.91 Å². The number of benzene rings is 3. The van der Waals surface area contributed by atoms with E-state index in [1.54, 1.807) is 48.5 Å². The van der Waals surface area contributed by atoms with E-state index < -0.39 is 28.1 Å². The Kier molecular flexibility index (Phi) is 10.7. The van der Waals surface area contributed by atoms with Crippen LogP contribution in [0.15, 0.2) is 89.5 Å². The lowest BCUT2D eigenvalue weighted by Crippen LogP contribution is -2.39. The predicted molar refractivity (Wildman–Crippen MR) is 166 cm³/mol. The fourth-order valence-corrected chi connectivity index (χ4v) is 5.62. The molecular weight excluding hydrogens is 631 g/mol. The second-order valence-electron chi connectivity index (χ2n) is 9.59. The van der Waals surface area contributed by atoms with E-state index in [4.69, 9.17) is 27.6 Å². The normalized spacial score (nSPS) is 11.1. The van der Waals surface area contributed by atoms with Crippen molar-refractivity contribution in [2.75, 3.05) is 10.8 Å². The van der Waals surface area contributed by atoms with Crippen LogP contribution in [0, 0.1) is 0 Å². The molecule has 0 atom stereocenters. The molecule has 0 aliphatic heterocycles. The predicted octanol–water partition coefficient (Wildman–Crippen LogP) is 5.76. The number of halogens is 2. The zero-order chi connectivity index (χ0) is 31.9. The molecule has 0 radical (unpaired) electrons. The molecule has 0 aliphatic carbocycles. The number of hydrogen-bond acceptors (Lipinski definition) is 6. The molecule has 3 aromatic carbocycles. The fraction of sp³-hybridized carbons (Fsp3) is 0.167. The first-order valence-electron chi connectivity index (χ1n) is 13.2. The van der Waals surface area contributed by atoms with E-state index in [9.17, 15) is 27.4 Å². The van der Waals surface area contributed by atoms with Crippen molar-refractivity contribution < 1.29 is 31.8 Å². The van der Waals surface area contributed by atoms with Crippen molar-refractivity contribution in [3.63, 3.8) is 0 Å². The van der Waals surface area contributed by atoms with Crippen molar-refractivity contribution in [2.45, 2.75) is 26.4 Å². The average Bonchev–Trinajstić information content (AvgIpc) is 3.47. The summed E-state index contributed by atoms with van der Waals surface area (Å²) in [6.45, 7) is 1.34. The van der Waals surface area contributed by atoms with Crippen LogP contribution in [0.5, 0.6) is 0 Å². The molecule has 0 unspecified atom stereocenters. The number of anilines is 2. The van der Waals surface area contributed by atoms with Crippen LogP contribution in [-0.2, 0) is 34.6 Å². The molecule has 0 saturated carbocycles. The third-order valence-corrected chi connectivity index (χ3v) is 7.76. The van der Waals surface area contributed by atoms with Gasteiger partial charge in [-0.25, -0.2) is 9.10 Å². The lowest BCUT2D eigenvalue weighted by Gasteiger charge is -2.28. The SMILES string of the molecule is CC(=O)NC(=O)NCCc1ccc(N(c2ccc(Cl)cc2CN(Cc2ccco2)C(=O)c2ccccc2Cl)S(=O)(=O)O)cc1. The highest BCUT2D eigenvalue weighted by molar-refractivity contribution is 7.87. The van der Waals surface area contributed by atoms with Crippen LogP contribution < -0.4 is 14.9 Å². The maximum atomic E-state index is 13.7. The number of rotatable bonds is 11. The number of furan rings is 1. The highest BCUT2D eigenvalue weighted by Gasteiger charge is 2.27. The molecule has 0 saturated heterocycles. The Morgan fingerprint density at radius 3 is 2.30 bits per heavy atom. The molecule has 1 heterocycles. The molecule has 0 bridgehead atoms. The Morgan fingerprint density at radius 2 is 1.66 bits per heavy atom. The minimum atomic E-state index is -4.87. The standard InChI is InChI=1S/C30H28Cl2N4O7S/c1-20(37)34-30(39)33-15-14-21-8-11-24(12-9-21)36(44(40,41)42)28-13-10-23(31)17-22(28)18-35(19-25-5-4-16-43-25)29(38)26-6-2-3-7-27(26)32/h2-13,16-17H,14-15,18-19H2,1H3,(H,40,41,42)(H2,33,34,37,39). The number of hydrogen-bond donors (Lipinski definition) is 3. The third kappa shape index (κ3) is 8.60. The number of carbonyl (C=O) groups is 3. The van der Waals surface area contributed by atoms with Crippen LogP contribution in [0.2, 0.25) is 10.0 Å². The topological polar surface area (TPSA) is 149 Å². The molecule has 0 spiro atoms. The Hall–Kier alpha value is -4.36. The summed E-state index contributed by atoms with van der Waals surface area (Å²) in [6, 6.07) is 20.0. The summed E-state index contributed by atoms with van der Waals surface area (Å²) in [5.74, 6) is -0.452. The molecule has 0 aliphatic rings. The Balaban J connectivity index is 1.65. The van der Waals surface area contributed by atoms with E-state index >= 15 is 0 Å². The largest absolute Gasteiger partial charge is 0.467 e. The van der Waals surface area contributed by atoms with Gasteiger partial charge >= 0.3 is 16.3 Å². The molecule has 0 fully saturated rings. The van der Waals surface area contributed by atoms with Crippen molar-refractivity contribution in [3.05, 3.63) is 118 Å². The summed E-state index contributed by atoms with van der Waals surface area (Å²) in [7, 11) is -4.87. The van der Waals surface area contributed by atoms with Crippen LogP contribution in [0.25, 0.3) is 0 Å². The first-order chi connectivity index (χ1) is 20.9. The number of nitrogens with one attached hydrogen (secondary N) is 2. The molecule has 4 amide bonds. The van der Waals surface area contributed by atoms with E-state index in [1.165, 1.54) is 48.4 Å². The summed E-state index contributed by atoms with van der Waals surface area (Å²) >= 11 is 12.6. The van der Waals surface area contributed by atoms with Crippen molar-refractivity contribution in [3.8, 4) is 0 Å². The van der Waals surface area contributed by atoms with Gasteiger partial charge in [0, 0.05) is 25.0 Å². The van der Waals surface area contributed by atoms with E-state index in [0.717, 1.165) is 9.87 Å². The lowest BCUT2D eigenvalue weighted by molar-refractivity contribution is -0.117. The van der Waals surface area contributed by atoms with Gasteiger partial charge in [-0.2, -0.15) is 8.42 Å². The maximum absolute atomic E-state index is 13.7. The van der Waals surface area contributed by atoms with E-state index in [0.29, 0.717) is 17.7 Å². The molecule has 4 aromatic rings. The van der Waals surface area contributed by atoms with Gasteiger partial charge in [0.1, 0.15) is 5.76 Å². The molecule has 44 heavy (non-hydrogen) atoms. The summed E-state index contributed by atoms with van der Waals surface area (Å²) in [5, 5.41) is 5.16. The second-order valence-corrected chi connectivity index (χ2v) is 11.7. The molecule has 11 nitrogen and oxygen atoms in total. The van der Waals surface area contributed by atoms with Gasteiger partial charge < -0.3 is 14.6 Å². The second kappa shape index (κ2) is 14.4. The van der Waals surface area contributed by atoms with Gasteiger partial charge in [0.05, 0.1) is 34.8 Å². The molecule has 3 N–H and O–H groups in total. The van der Waals surface area contributed by atoms with Gasteiger partial charge in [0.25, 0.3) is 5.91 Å². The molecule has 1 aromatic heterocycles.